The van der Waals surface area contributed by atoms with Gasteiger partial charge in [-0.05, 0) is 47.0 Å². The minimum atomic E-state index is -1.04. The van der Waals surface area contributed by atoms with Crippen LogP contribution in [0.1, 0.15) is 38.7 Å². The molecule has 10 heteroatoms. The van der Waals surface area contributed by atoms with Crippen molar-refractivity contribution in [2.75, 3.05) is 13.2 Å². The number of nitrogens with zero attached hydrogens (tertiary/aromatic N) is 2. The monoisotopic (exact) mass is 471 g/mol. The summed E-state index contributed by atoms with van der Waals surface area (Å²) in [5.74, 6) is -0.163. The van der Waals surface area contributed by atoms with Crippen molar-refractivity contribution in [2.45, 2.75) is 38.4 Å². The molecule has 0 saturated carbocycles. The Labute approximate surface area is 175 Å². The molecule has 0 radical (unpaired) electrons. The van der Waals surface area contributed by atoms with Gasteiger partial charge in [0.15, 0.2) is 16.7 Å². The second kappa shape index (κ2) is 11.1. The summed E-state index contributed by atoms with van der Waals surface area (Å²) in [6.45, 7) is 5.08. The van der Waals surface area contributed by atoms with E-state index in [2.05, 4.69) is 38.4 Å². The van der Waals surface area contributed by atoms with Crippen LogP contribution < -0.4 is 14.8 Å². The summed E-state index contributed by atoms with van der Waals surface area (Å²) in [7, 11) is 0. The molecule has 1 heterocycles. The SMILES string of the molecule is CCCCOc1c(Br)cc(C=NN=C2NC(=O)C(CC(=O)O)S2)cc1OCC. The maximum atomic E-state index is 11.7. The molecular weight excluding hydrogens is 450 g/mol. The zero-order chi connectivity index (χ0) is 20.5. The van der Waals surface area contributed by atoms with Crippen LogP contribution in [0.25, 0.3) is 0 Å². The van der Waals surface area contributed by atoms with E-state index < -0.39 is 11.2 Å². The standard InChI is InChI=1S/C18H22BrN3O5S/c1-3-5-6-27-16-12(19)7-11(8-13(16)26-4-2)10-20-22-18-21-17(25)14(28-18)9-15(23)24/h7-8,10,14H,3-6,9H2,1-2H3,(H,23,24)(H,21,22,25). The molecule has 1 aliphatic heterocycles. The predicted molar refractivity (Wildman–Crippen MR) is 113 cm³/mol. The van der Waals surface area contributed by atoms with Crippen LogP contribution in [0.4, 0.5) is 0 Å². The number of unbranched alkanes of at least 4 members (excludes halogenated alkanes) is 1. The molecule has 2 rings (SSSR count). The summed E-state index contributed by atoms with van der Waals surface area (Å²) in [4.78, 5) is 22.4. The third kappa shape index (κ3) is 6.52. The molecule has 1 amide bonds. The zero-order valence-corrected chi connectivity index (χ0v) is 18.0. The first-order valence-electron chi connectivity index (χ1n) is 8.84. The Bertz CT molecular complexity index is 785. The number of carboxylic acid groups (broad SMARTS) is 1. The fourth-order valence-electron chi connectivity index (χ4n) is 2.28. The van der Waals surface area contributed by atoms with Crippen molar-refractivity contribution in [3.05, 3.63) is 22.2 Å². The van der Waals surface area contributed by atoms with Gasteiger partial charge in [0.25, 0.3) is 0 Å². The van der Waals surface area contributed by atoms with E-state index in [1.165, 1.54) is 6.21 Å². The third-order valence-corrected chi connectivity index (χ3v) is 5.23. The highest BCUT2D eigenvalue weighted by molar-refractivity contribution is 9.10. The van der Waals surface area contributed by atoms with Gasteiger partial charge in [-0.2, -0.15) is 5.10 Å². The fraction of sp³-hybridized carbons (Fsp3) is 0.444. The number of rotatable bonds is 10. The summed E-state index contributed by atoms with van der Waals surface area (Å²) in [5.41, 5.74) is 0.735. The average Bonchev–Trinajstić information content (AvgIpc) is 2.96. The van der Waals surface area contributed by atoms with Crippen LogP contribution in [0.15, 0.2) is 26.8 Å². The molecule has 0 aliphatic carbocycles. The van der Waals surface area contributed by atoms with Gasteiger partial charge in [-0.25, -0.2) is 0 Å². The maximum Gasteiger partial charge on any atom is 0.305 e. The van der Waals surface area contributed by atoms with Crippen molar-refractivity contribution in [2.24, 2.45) is 10.2 Å². The van der Waals surface area contributed by atoms with Crippen LogP contribution in [0.2, 0.25) is 0 Å². The van der Waals surface area contributed by atoms with Gasteiger partial charge in [-0.1, -0.05) is 25.1 Å². The molecule has 1 aromatic rings. The molecule has 152 valence electrons. The Kier molecular flexibility index (Phi) is 8.78. The second-order valence-corrected chi connectivity index (χ2v) is 7.85. The van der Waals surface area contributed by atoms with Crippen LogP contribution in [0.3, 0.4) is 0 Å². The molecule has 1 atom stereocenters. The number of carbonyl (C=O) groups excluding carboxylic acids is 1. The predicted octanol–water partition coefficient (Wildman–Crippen LogP) is 3.42. The van der Waals surface area contributed by atoms with Gasteiger partial charge in [-0.15, -0.1) is 5.10 Å². The van der Waals surface area contributed by atoms with Gasteiger partial charge in [-0.3, -0.25) is 9.59 Å². The molecule has 1 aliphatic rings. The van der Waals surface area contributed by atoms with Crippen LogP contribution in [-0.2, 0) is 9.59 Å². The molecule has 0 bridgehead atoms. The van der Waals surface area contributed by atoms with Gasteiger partial charge < -0.3 is 19.9 Å². The van der Waals surface area contributed by atoms with E-state index in [4.69, 9.17) is 14.6 Å². The summed E-state index contributed by atoms with van der Waals surface area (Å²) in [6.07, 6.45) is 3.25. The number of amidine groups is 1. The lowest BCUT2D eigenvalue weighted by atomic mass is 10.2. The van der Waals surface area contributed by atoms with Gasteiger partial charge in [0.05, 0.1) is 30.3 Å². The molecule has 2 N–H and O–H groups in total. The summed E-state index contributed by atoms with van der Waals surface area (Å²) >= 11 is 4.55. The van der Waals surface area contributed by atoms with Crippen molar-refractivity contribution in [3.8, 4) is 11.5 Å². The molecule has 1 unspecified atom stereocenters. The quantitative estimate of drug-likeness (QED) is 0.307. The molecule has 28 heavy (non-hydrogen) atoms. The number of benzene rings is 1. The Morgan fingerprint density at radius 2 is 2.18 bits per heavy atom. The highest BCUT2D eigenvalue weighted by Crippen LogP contribution is 2.36. The Morgan fingerprint density at radius 3 is 2.86 bits per heavy atom. The van der Waals surface area contributed by atoms with Crippen molar-refractivity contribution in [3.63, 3.8) is 0 Å². The number of carbonyl (C=O) groups is 2. The fourth-order valence-corrected chi connectivity index (χ4v) is 3.77. The number of ether oxygens (including phenoxy) is 2. The summed E-state index contributed by atoms with van der Waals surface area (Å²) < 4.78 is 12.2. The lowest BCUT2D eigenvalue weighted by Gasteiger charge is -2.14. The lowest BCUT2D eigenvalue weighted by Crippen LogP contribution is -2.26. The van der Waals surface area contributed by atoms with Crippen LogP contribution >= 0.6 is 27.7 Å². The molecule has 1 fully saturated rings. The lowest BCUT2D eigenvalue weighted by molar-refractivity contribution is -0.138. The molecule has 8 nitrogen and oxygen atoms in total. The van der Waals surface area contributed by atoms with E-state index in [1.54, 1.807) is 6.07 Å². The second-order valence-electron chi connectivity index (χ2n) is 5.81. The highest BCUT2D eigenvalue weighted by Gasteiger charge is 2.32. The normalized spacial score (nSPS) is 17.9. The number of thioether (sulfide) groups is 1. The zero-order valence-electron chi connectivity index (χ0n) is 15.6. The van der Waals surface area contributed by atoms with Crippen LogP contribution in [0, 0.1) is 0 Å². The van der Waals surface area contributed by atoms with Crippen molar-refractivity contribution < 1.29 is 24.2 Å². The number of aliphatic carboxylic acids is 1. The number of nitrogens with one attached hydrogen (secondary N) is 1. The smallest absolute Gasteiger partial charge is 0.305 e. The molecule has 0 aromatic heterocycles. The Balaban J connectivity index is 2.10. The van der Waals surface area contributed by atoms with Crippen molar-refractivity contribution in [1.82, 2.24) is 5.32 Å². The Hall–Kier alpha value is -2.07. The molecule has 1 saturated heterocycles. The number of amides is 1. The number of hydrogen-bond donors (Lipinski definition) is 2. The first-order valence-corrected chi connectivity index (χ1v) is 10.5. The number of halogens is 1. The van der Waals surface area contributed by atoms with Crippen molar-refractivity contribution in [1.29, 1.82) is 0 Å². The van der Waals surface area contributed by atoms with E-state index in [1.807, 2.05) is 13.0 Å². The maximum absolute atomic E-state index is 11.7. The van der Waals surface area contributed by atoms with E-state index >= 15 is 0 Å². The third-order valence-electron chi connectivity index (χ3n) is 3.57. The average molecular weight is 472 g/mol. The first kappa shape index (κ1) is 22.2. The Morgan fingerprint density at radius 1 is 1.39 bits per heavy atom. The first-order chi connectivity index (χ1) is 13.4. The van der Waals surface area contributed by atoms with E-state index in [0.29, 0.717) is 24.7 Å². The van der Waals surface area contributed by atoms with Crippen molar-refractivity contribution >= 4 is 51.0 Å². The van der Waals surface area contributed by atoms with E-state index in [9.17, 15) is 9.59 Å². The van der Waals surface area contributed by atoms with Gasteiger partial charge in [0.1, 0.15) is 5.25 Å². The molecule has 0 spiro atoms. The molecule has 1 aromatic carbocycles. The minimum absolute atomic E-state index is 0.261. The van der Waals surface area contributed by atoms with Crippen LogP contribution in [-0.4, -0.2) is 46.8 Å². The van der Waals surface area contributed by atoms with E-state index in [-0.39, 0.29) is 17.5 Å². The minimum Gasteiger partial charge on any atom is -0.490 e. The topological polar surface area (TPSA) is 110 Å². The molecular formula is C18H22BrN3O5S. The highest BCUT2D eigenvalue weighted by atomic mass is 79.9. The van der Waals surface area contributed by atoms with E-state index in [0.717, 1.165) is 34.6 Å². The van der Waals surface area contributed by atoms with Gasteiger partial charge in [0.2, 0.25) is 5.91 Å². The number of hydrogen-bond acceptors (Lipinski definition) is 7. The number of carboxylic acids is 1. The largest absolute Gasteiger partial charge is 0.490 e. The van der Waals surface area contributed by atoms with Gasteiger partial charge >= 0.3 is 5.97 Å². The summed E-state index contributed by atoms with van der Waals surface area (Å²) in [6, 6.07) is 3.63. The van der Waals surface area contributed by atoms with Crippen LogP contribution in [0.5, 0.6) is 11.5 Å². The summed E-state index contributed by atoms with van der Waals surface area (Å²) in [5, 5.41) is 18.8. The van der Waals surface area contributed by atoms with Gasteiger partial charge in [0, 0.05) is 0 Å².